The van der Waals surface area contributed by atoms with Crippen LogP contribution in [-0.2, 0) is 4.84 Å². The molecular weight excluding hydrogens is 280 g/mol. The van der Waals surface area contributed by atoms with Crippen LogP contribution in [0.25, 0.3) is 0 Å². The highest BCUT2D eigenvalue weighted by molar-refractivity contribution is 5.83. The van der Waals surface area contributed by atoms with Crippen molar-refractivity contribution in [2.24, 2.45) is 4.99 Å². The summed E-state index contributed by atoms with van der Waals surface area (Å²) in [4.78, 5) is 9.18. The second kappa shape index (κ2) is 6.99. The lowest BCUT2D eigenvalue weighted by molar-refractivity contribution is 0.0887. The number of ether oxygens (including phenoxy) is 1. The molecule has 0 spiro atoms. The Morgan fingerprint density at radius 2 is 2.14 bits per heavy atom. The predicted molar refractivity (Wildman–Crippen MR) is 71.9 cm³/mol. The summed E-state index contributed by atoms with van der Waals surface area (Å²) >= 11 is 0. The molecule has 112 valence electrons. The Balaban J connectivity index is 1.98. The lowest BCUT2D eigenvalue weighted by Crippen LogP contribution is -2.23. The molecule has 1 aromatic rings. The molecule has 7 heteroatoms. The van der Waals surface area contributed by atoms with Gasteiger partial charge in [0.05, 0.1) is 26.2 Å². The molecule has 5 nitrogen and oxygen atoms in total. The molecule has 1 aliphatic rings. The minimum absolute atomic E-state index is 0.00775. The van der Waals surface area contributed by atoms with E-state index in [9.17, 15) is 8.78 Å². The zero-order valence-electron chi connectivity index (χ0n) is 11.5. The number of nitriles is 1. The molecule has 21 heavy (non-hydrogen) atoms. The minimum Gasteiger partial charge on any atom is -0.497 e. The summed E-state index contributed by atoms with van der Waals surface area (Å²) in [5.41, 5.74) is 2.61. The number of methoxy groups -OCH3 is 1. The fourth-order valence-electron chi connectivity index (χ4n) is 2.15. The van der Waals surface area contributed by atoms with E-state index in [1.165, 1.54) is 7.11 Å². The first kappa shape index (κ1) is 15.2. The number of halogens is 2. The lowest BCUT2D eigenvalue weighted by atomic mass is 9.96. The van der Waals surface area contributed by atoms with Gasteiger partial charge < -0.3 is 4.74 Å². The molecule has 0 saturated heterocycles. The maximum atomic E-state index is 14.0. The molecule has 2 rings (SSSR count). The van der Waals surface area contributed by atoms with Crippen LogP contribution in [0.3, 0.4) is 0 Å². The zero-order chi connectivity index (χ0) is 15.2. The molecule has 0 radical (unpaired) electrons. The van der Waals surface area contributed by atoms with E-state index in [1.807, 2.05) is 6.07 Å². The van der Waals surface area contributed by atoms with Gasteiger partial charge in [0.25, 0.3) is 0 Å². The summed E-state index contributed by atoms with van der Waals surface area (Å²) in [6, 6.07) is 4.26. The van der Waals surface area contributed by atoms with E-state index in [0.29, 0.717) is 12.3 Å². The minimum atomic E-state index is -0.640. The van der Waals surface area contributed by atoms with E-state index in [1.54, 1.807) is 0 Å². The third kappa shape index (κ3) is 3.67. The Hall–Kier alpha value is -2.20. The first-order valence-electron chi connectivity index (χ1n) is 6.46. The normalized spacial score (nSPS) is 17.2. The summed E-state index contributed by atoms with van der Waals surface area (Å²) in [7, 11) is 1.35. The Bertz CT molecular complexity index is 561. The number of hydroxylamine groups is 1. The third-order valence-electron chi connectivity index (χ3n) is 3.14. The van der Waals surface area contributed by atoms with Crippen LogP contribution in [0.1, 0.15) is 24.3 Å². The van der Waals surface area contributed by atoms with Crippen molar-refractivity contribution in [2.75, 3.05) is 20.3 Å². The summed E-state index contributed by atoms with van der Waals surface area (Å²) in [5.74, 6) is -0.992. The van der Waals surface area contributed by atoms with Crippen LogP contribution < -0.4 is 10.2 Å². The van der Waals surface area contributed by atoms with Gasteiger partial charge in [-0.3, -0.25) is 15.3 Å². The van der Waals surface area contributed by atoms with Gasteiger partial charge in [-0.2, -0.15) is 5.26 Å². The number of nitrogens with one attached hydrogen (secondary N) is 1. The average molecular weight is 295 g/mol. The van der Waals surface area contributed by atoms with Gasteiger partial charge in [0.1, 0.15) is 23.2 Å². The summed E-state index contributed by atoms with van der Waals surface area (Å²) in [6.45, 7) is 0.509. The topological polar surface area (TPSA) is 66.6 Å². The smallest absolute Gasteiger partial charge is 0.133 e. The van der Waals surface area contributed by atoms with Crippen molar-refractivity contribution in [3.8, 4) is 11.8 Å². The van der Waals surface area contributed by atoms with E-state index < -0.39 is 11.6 Å². The molecule has 1 aliphatic heterocycles. The van der Waals surface area contributed by atoms with Crippen LogP contribution in [0.5, 0.6) is 5.75 Å². The molecule has 0 amide bonds. The van der Waals surface area contributed by atoms with Crippen LogP contribution in [-0.4, -0.2) is 26.1 Å². The van der Waals surface area contributed by atoms with Crippen LogP contribution in [0, 0.1) is 23.0 Å². The second-order valence-electron chi connectivity index (χ2n) is 4.55. The molecule has 1 unspecified atom stereocenters. The fraction of sp³-hybridized carbons (Fsp3) is 0.429. The molecule has 0 aliphatic carbocycles. The maximum absolute atomic E-state index is 14.0. The number of hydrogen-bond donors (Lipinski definition) is 1. The first-order chi connectivity index (χ1) is 10.2. The Morgan fingerprint density at radius 1 is 1.43 bits per heavy atom. The van der Waals surface area contributed by atoms with E-state index in [2.05, 4.69) is 10.5 Å². The van der Waals surface area contributed by atoms with Crippen molar-refractivity contribution < 1.29 is 18.4 Å². The molecule has 1 atom stereocenters. The van der Waals surface area contributed by atoms with Gasteiger partial charge >= 0.3 is 0 Å². The maximum Gasteiger partial charge on any atom is 0.133 e. The van der Waals surface area contributed by atoms with Gasteiger partial charge in [-0.15, -0.1) is 0 Å². The van der Waals surface area contributed by atoms with E-state index >= 15 is 0 Å². The number of benzene rings is 1. The highest BCUT2D eigenvalue weighted by atomic mass is 19.1. The summed E-state index contributed by atoms with van der Waals surface area (Å²) < 4.78 is 32.8. The predicted octanol–water partition coefficient (Wildman–Crippen LogP) is 2.29. The first-order valence-corrected chi connectivity index (χ1v) is 6.46. The van der Waals surface area contributed by atoms with Crippen molar-refractivity contribution in [1.29, 1.82) is 5.26 Å². The lowest BCUT2D eigenvalue weighted by Gasteiger charge is -2.13. The number of aliphatic imine (C=N–C) groups is 1. The van der Waals surface area contributed by atoms with E-state index in [-0.39, 0.29) is 36.8 Å². The second-order valence-corrected chi connectivity index (χ2v) is 4.55. The van der Waals surface area contributed by atoms with Crippen LogP contribution >= 0.6 is 0 Å². The SMILES string of the molecule is COc1cc(F)c(C2CN=C(NOCCC#N)C2)c(F)c1. The van der Waals surface area contributed by atoms with Gasteiger partial charge in [-0.1, -0.05) is 0 Å². The van der Waals surface area contributed by atoms with Crippen LogP contribution in [0.2, 0.25) is 0 Å². The molecule has 0 saturated carbocycles. The molecule has 0 fully saturated rings. The zero-order valence-corrected chi connectivity index (χ0v) is 11.5. The molecule has 1 heterocycles. The van der Waals surface area contributed by atoms with Crippen molar-refractivity contribution in [1.82, 2.24) is 5.48 Å². The van der Waals surface area contributed by atoms with Crippen LogP contribution in [0.4, 0.5) is 8.78 Å². The summed E-state index contributed by atoms with van der Waals surface area (Å²) in [5, 5.41) is 8.37. The van der Waals surface area contributed by atoms with Crippen molar-refractivity contribution >= 4 is 5.84 Å². The Kier molecular flexibility index (Phi) is 5.06. The van der Waals surface area contributed by atoms with Crippen molar-refractivity contribution in [3.63, 3.8) is 0 Å². The monoisotopic (exact) mass is 295 g/mol. The van der Waals surface area contributed by atoms with Gasteiger partial charge in [0.2, 0.25) is 0 Å². The van der Waals surface area contributed by atoms with Crippen LogP contribution in [0.15, 0.2) is 17.1 Å². The van der Waals surface area contributed by atoms with Crippen molar-refractivity contribution in [3.05, 3.63) is 29.3 Å². The standard InChI is InChI=1S/C14H15F2N3O2/c1-20-10-6-11(15)14(12(16)7-10)9-5-13(18-8-9)19-21-4-2-3-17/h6-7,9H,2,4-5,8H2,1H3,(H,18,19). The number of rotatable bonds is 5. The Labute approximate surface area is 121 Å². The number of amidine groups is 1. The number of nitrogens with zero attached hydrogens (tertiary/aromatic N) is 2. The fourth-order valence-corrected chi connectivity index (χ4v) is 2.15. The number of hydrogen-bond acceptors (Lipinski definition) is 5. The molecule has 0 bridgehead atoms. The van der Waals surface area contributed by atoms with E-state index in [4.69, 9.17) is 14.8 Å². The molecule has 1 N–H and O–H groups in total. The third-order valence-corrected chi connectivity index (χ3v) is 3.14. The van der Waals surface area contributed by atoms with Crippen molar-refractivity contribution in [2.45, 2.75) is 18.8 Å². The molecular formula is C14H15F2N3O2. The van der Waals surface area contributed by atoms with Gasteiger partial charge in [0.15, 0.2) is 0 Å². The quantitative estimate of drug-likeness (QED) is 0.668. The van der Waals surface area contributed by atoms with Gasteiger partial charge in [-0.05, 0) is 0 Å². The average Bonchev–Trinajstić information content (AvgIpc) is 2.91. The largest absolute Gasteiger partial charge is 0.497 e. The highest BCUT2D eigenvalue weighted by Crippen LogP contribution is 2.31. The van der Waals surface area contributed by atoms with Gasteiger partial charge in [-0.25, -0.2) is 8.78 Å². The molecule has 1 aromatic carbocycles. The summed E-state index contributed by atoms with van der Waals surface area (Å²) in [6.07, 6.45) is 0.609. The molecule has 0 aromatic heterocycles. The van der Waals surface area contributed by atoms with Gasteiger partial charge in [0, 0.05) is 36.6 Å². The highest BCUT2D eigenvalue weighted by Gasteiger charge is 2.27. The van der Waals surface area contributed by atoms with E-state index in [0.717, 1.165) is 12.1 Å². The Morgan fingerprint density at radius 3 is 2.76 bits per heavy atom.